The number of hydrazine groups is 1. The number of nitrogens with one attached hydrogen (secondary N) is 1. The molecule has 1 aliphatic heterocycles. The zero-order chi connectivity index (χ0) is 22.7. The number of nitrogens with zero attached hydrogens (tertiary/aromatic N) is 3. The number of fused-ring (bicyclic) bond motifs is 1. The molecule has 32 heavy (non-hydrogen) atoms. The first-order chi connectivity index (χ1) is 15.5. The lowest BCUT2D eigenvalue weighted by atomic mass is 10.1. The number of morpholine rings is 1. The lowest BCUT2D eigenvalue weighted by Crippen LogP contribution is -2.50. The first kappa shape index (κ1) is 23.3. The van der Waals surface area contributed by atoms with Gasteiger partial charge in [-0.05, 0) is 30.2 Å². The number of amides is 1. The molecule has 1 atom stereocenters. The van der Waals surface area contributed by atoms with Gasteiger partial charge in [0.15, 0.2) is 0 Å². The second-order valence-corrected chi connectivity index (χ2v) is 9.02. The van der Waals surface area contributed by atoms with Crippen LogP contribution in [0.5, 0.6) is 0 Å². The van der Waals surface area contributed by atoms with E-state index < -0.39 is 6.04 Å². The fraction of sp³-hybridized carbons (Fsp3) is 0.391. The van der Waals surface area contributed by atoms with E-state index in [1.54, 1.807) is 12.1 Å². The zero-order valence-electron chi connectivity index (χ0n) is 17.8. The smallest absolute Gasteiger partial charge is 0.257 e. The highest BCUT2D eigenvalue weighted by Crippen LogP contribution is 2.33. The lowest BCUT2D eigenvalue weighted by Gasteiger charge is -2.30. The summed E-state index contributed by atoms with van der Waals surface area (Å²) >= 11 is 19.1. The van der Waals surface area contributed by atoms with Gasteiger partial charge in [0.2, 0.25) is 0 Å². The van der Waals surface area contributed by atoms with Crippen molar-refractivity contribution in [2.24, 2.45) is 0 Å². The molecule has 1 aliphatic rings. The van der Waals surface area contributed by atoms with Crippen molar-refractivity contribution in [3.8, 4) is 0 Å². The Balaban J connectivity index is 1.78. The average molecular weight is 496 g/mol. The minimum Gasteiger partial charge on any atom is -0.379 e. The van der Waals surface area contributed by atoms with Gasteiger partial charge < -0.3 is 9.30 Å². The van der Waals surface area contributed by atoms with E-state index in [-0.39, 0.29) is 5.91 Å². The molecule has 1 amide bonds. The normalized spacial score (nSPS) is 15.8. The average Bonchev–Trinajstić information content (AvgIpc) is 3.11. The van der Waals surface area contributed by atoms with Crippen molar-refractivity contribution in [1.29, 1.82) is 0 Å². The van der Waals surface area contributed by atoms with Crippen LogP contribution in [0.25, 0.3) is 11.0 Å². The van der Waals surface area contributed by atoms with Crippen LogP contribution >= 0.6 is 34.8 Å². The van der Waals surface area contributed by atoms with Gasteiger partial charge in [-0.3, -0.25) is 10.2 Å². The number of aromatic nitrogens is 2. The quantitative estimate of drug-likeness (QED) is 0.484. The van der Waals surface area contributed by atoms with Gasteiger partial charge in [0.1, 0.15) is 11.9 Å². The van der Waals surface area contributed by atoms with Gasteiger partial charge in [-0.15, -0.1) is 0 Å². The highest BCUT2D eigenvalue weighted by atomic mass is 35.5. The van der Waals surface area contributed by atoms with E-state index >= 15 is 0 Å². The Morgan fingerprint density at radius 1 is 1.12 bits per heavy atom. The summed E-state index contributed by atoms with van der Waals surface area (Å²) in [6, 6.07) is 10.7. The second kappa shape index (κ2) is 10.4. The molecule has 0 radical (unpaired) electrons. The van der Waals surface area contributed by atoms with Crippen LogP contribution in [-0.2, 0) is 16.0 Å². The van der Waals surface area contributed by atoms with E-state index in [1.165, 1.54) is 0 Å². The summed E-state index contributed by atoms with van der Waals surface area (Å²) in [7, 11) is 0. The Hall–Kier alpha value is -1.83. The maximum Gasteiger partial charge on any atom is 0.257 e. The molecule has 9 heteroatoms. The van der Waals surface area contributed by atoms with Gasteiger partial charge in [-0.1, -0.05) is 66.3 Å². The van der Waals surface area contributed by atoms with Crippen molar-refractivity contribution in [3.05, 3.63) is 62.9 Å². The second-order valence-electron chi connectivity index (χ2n) is 7.80. The Kier molecular flexibility index (Phi) is 7.59. The minimum atomic E-state index is -0.456. The van der Waals surface area contributed by atoms with Gasteiger partial charge in [-0.2, -0.15) is 0 Å². The third kappa shape index (κ3) is 5.05. The van der Waals surface area contributed by atoms with Gasteiger partial charge in [0.25, 0.3) is 5.91 Å². The van der Waals surface area contributed by atoms with E-state index in [9.17, 15) is 4.79 Å². The fourth-order valence-electron chi connectivity index (χ4n) is 3.98. The summed E-state index contributed by atoms with van der Waals surface area (Å²) in [4.78, 5) is 18.3. The van der Waals surface area contributed by atoms with Gasteiger partial charge in [0, 0.05) is 24.5 Å². The topological polar surface area (TPSA) is 59.4 Å². The number of hydrogen-bond donors (Lipinski definition) is 1. The number of rotatable bonds is 7. The van der Waals surface area contributed by atoms with Crippen LogP contribution in [0.3, 0.4) is 0 Å². The van der Waals surface area contributed by atoms with E-state index in [4.69, 9.17) is 44.5 Å². The van der Waals surface area contributed by atoms with Crippen molar-refractivity contribution >= 4 is 51.7 Å². The molecule has 170 valence electrons. The summed E-state index contributed by atoms with van der Waals surface area (Å²) in [6.45, 7) is 4.56. The molecule has 4 rings (SSSR count). The number of ether oxygens (including phenoxy) is 1. The van der Waals surface area contributed by atoms with E-state index in [0.717, 1.165) is 23.3 Å². The number of carbonyl (C=O) groups is 1. The van der Waals surface area contributed by atoms with Crippen LogP contribution in [0.4, 0.5) is 0 Å². The lowest BCUT2D eigenvalue weighted by molar-refractivity contribution is -0.131. The Morgan fingerprint density at radius 2 is 1.84 bits per heavy atom. The van der Waals surface area contributed by atoms with Crippen LogP contribution in [0, 0.1) is 0 Å². The molecule has 0 spiro atoms. The number of benzene rings is 2. The van der Waals surface area contributed by atoms with Crippen molar-refractivity contribution in [1.82, 2.24) is 20.0 Å². The molecule has 1 saturated heterocycles. The van der Waals surface area contributed by atoms with Gasteiger partial charge in [0.05, 0.1) is 34.3 Å². The third-order valence-electron chi connectivity index (χ3n) is 5.57. The first-order valence-corrected chi connectivity index (χ1v) is 11.8. The molecule has 6 nitrogen and oxygen atoms in total. The molecule has 2 aromatic carbocycles. The van der Waals surface area contributed by atoms with Crippen molar-refractivity contribution < 1.29 is 9.53 Å². The Labute approximate surface area is 202 Å². The summed E-state index contributed by atoms with van der Waals surface area (Å²) in [5.41, 5.74) is 5.47. The van der Waals surface area contributed by atoms with Crippen LogP contribution in [0.1, 0.15) is 37.2 Å². The molecule has 1 N–H and O–H groups in total. The molecule has 2 heterocycles. The molecule has 3 aromatic rings. The van der Waals surface area contributed by atoms with E-state index in [1.807, 2.05) is 33.8 Å². The summed E-state index contributed by atoms with van der Waals surface area (Å²) in [5.74, 6) is 0.654. The number of imidazole rings is 1. The summed E-state index contributed by atoms with van der Waals surface area (Å²) < 4.78 is 7.38. The highest BCUT2D eigenvalue weighted by Gasteiger charge is 2.27. The molecular formula is C23H25Cl3N4O2. The van der Waals surface area contributed by atoms with Crippen molar-refractivity contribution in [2.45, 2.75) is 32.2 Å². The van der Waals surface area contributed by atoms with Crippen LogP contribution < -0.4 is 5.43 Å². The van der Waals surface area contributed by atoms with E-state index in [0.29, 0.717) is 59.7 Å². The largest absolute Gasteiger partial charge is 0.379 e. The molecule has 1 aromatic heterocycles. The van der Waals surface area contributed by atoms with Gasteiger partial charge in [-0.25, -0.2) is 9.99 Å². The molecule has 0 bridgehead atoms. The minimum absolute atomic E-state index is 0.0838. The monoisotopic (exact) mass is 494 g/mol. The predicted octanol–water partition coefficient (Wildman–Crippen LogP) is 5.29. The molecule has 0 saturated carbocycles. The molecular weight excluding hydrogens is 471 g/mol. The number of carbonyl (C=O) groups excluding carboxylic acids is 1. The molecule has 0 aliphatic carbocycles. The van der Waals surface area contributed by atoms with Gasteiger partial charge >= 0.3 is 0 Å². The summed E-state index contributed by atoms with van der Waals surface area (Å²) in [6.07, 6.45) is 1.96. The zero-order valence-corrected chi connectivity index (χ0v) is 20.1. The molecule has 1 unspecified atom stereocenters. The number of halogens is 3. The maximum atomic E-state index is 13.4. The number of hydrogen-bond acceptors (Lipinski definition) is 4. The predicted molar refractivity (Wildman–Crippen MR) is 128 cm³/mol. The van der Waals surface area contributed by atoms with Crippen LogP contribution in [0.15, 0.2) is 36.4 Å². The maximum absolute atomic E-state index is 13.4. The van der Waals surface area contributed by atoms with Crippen LogP contribution in [0.2, 0.25) is 15.1 Å². The van der Waals surface area contributed by atoms with Crippen molar-refractivity contribution in [3.63, 3.8) is 0 Å². The summed E-state index contributed by atoms with van der Waals surface area (Å²) in [5, 5.41) is 3.42. The van der Waals surface area contributed by atoms with Crippen LogP contribution in [-0.4, -0.2) is 46.8 Å². The molecule has 1 fully saturated rings. The first-order valence-electron chi connectivity index (χ1n) is 10.7. The SMILES string of the molecule is CCCC(C(=O)NN1CCOCC1)n1c(Cc2ccccc2Cl)nc2cc(Cl)c(Cl)cc21. The standard InChI is InChI=1S/C23H25Cl3N4O2/c1-2-5-20(23(31)28-29-8-10-32-11-9-29)30-21-14-18(26)17(25)13-19(21)27-22(30)12-15-6-3-4-7-16(15)24/h3-4,6-7,13-14,20H,2,5,8-12H2,1H3,(H,28,31). The Morgan fingerprint density at radius 3 is 2.56 bits per heavy atom. The van der Waals surface area contributed by atoms with Crippen molar-refractivity contribution in [2.75, 3.05) is 26.3 Å². The Bertz CT molecular complexity index is 1110. The third-order valence-corrected chi connectivity index (χ3v) is 6.66. The van der Waals surface area contributed by atoms with E-state index in [2.05, 4.69) is 12.3 Å². The fourth-order valence-corrected chi connectivity index (χ4v) is 4.50. The highest BCUT2D eigenvalue weighted by molar-refractivity contribution is 6.42.